The number of rotatable bonds is 8. The van der Waals surface area contributed by atoms with E-state index in [0.717, 1.165) is 17.7 Å². The van der Waals surface area contributed by atoms with Crippen LogP contribution < -0.4 is 0 Å². The largest absolute Gasteiger partial charge is 0.392 e. The van der Waals surface area contributed by atoms with Gasteiger partial charge in [-0.3, -0.25) is 4.98 Å². The van der Waals surface area contributed by atoms with Gasteiger partial charge in [0.25, 0.3) is 0 Å². The number of aliphatic hydroxyl groups is 1. The van der Waals surface area contributed by atoms with Crippen molar-refractivity contribution in [1.29, 1.82) is 0 Å². The maximum Gasteiger partial charge on any atom is 0.0708 e. The first-order chi connectivity index (χ1) is 12.0. The molecule has 2 rings (SSSR count). The van der Waals surface area contributed by atoms with E-state index < -0.39 is 0 Å². The van der Waals surface area contributed by atoms with E-state index in [-0.39, 0.29) is 6.61 Å². The number of aryl methyl sites for hydroxylation is 1. The van der Waals surface area contributed by atoms with Gasteiger partial charge in [-0.25, -0.2) is 0 Å². The van der Waals surface area contributed by atoms with Crippen LogP contribution in [-0.2, 0) is 13.0 Å². The minimum absolute atomic E-state index is 0.0774. The zero-order valence-electron chi connectivity index (χ0n) is 16.5. The summed E-state index contributed by atoms with van der Waals surface area (Å²) in [6, 6.07) is 8.62. The minimum Gasteiger partial charge on any atom is -0.392 e. The molecule has 1 aromatic carbocycles. The third-order valence-electron chi connectivity index (χ3n) is 4.89. The van der Waals surface area contributed by atoms with Crippen LogP contribution in [-0.4, -0.2) is 10.1 Å². The molecule has 0 aliphatic carbocycles. The molecule has 1 heterocycles. The lowest BCUT2D eigenvalue weighted by Crippen LogP contribution is -2.05. The van der Waals surface area contributed by atoms with Crippen molar-refractivity contribution in [2.75, 3.05) is 0 Å². The number of hydrogen-bond acceptors (Lipinski definition) is 2. The van der Waals surface area contributed by atoms with Gasteiger partial charge in [-0.15, -0.1) is 0 Å². The Hall–Kier alpha value is -1.67. The topological polar surface area (TPSA) is 33.1 Å². The molecule has 0 spiro atoms. The van der Waals surface area contributed by atoms with E-state index in [2.05, 4.69) is 58.9 Å². The van der Waals surface area contributed by atoms with Gasteiger partial charge in [-0.1, -0.05) is 65.7 Å². The standard InChI is InChI=1S/C23H33NO/c1-6-7-8-9-18-10-13-21(24-14-18)23-20(16(2)3)12-11-19(15-25)22(23)17(4)5/h10-14,16-17,25H,6-9,15H2,1-5H3. The van der Waals surface area contributed by atoms with E-state index >= 15 is 0 Å². The van der Waals surface area contributed by atoms with Crippen molar-refractivity contribution in [1.82, 2.24) is 4.98 Å². The van der Waals surface area contributed by atoms with Crippen molar-refractivity contribution in [3.8, 4) is 11.3 Å². The summed E-state index contributed by atoms with van der Waals surface area (Å²) < 4.78 is 0. The quantitative estimate of drug-likeness (QED) is 0.579. The molecular formula is C23H33NO. The molecule has 25 heavy (non-hydrogen) atoms. The zero-order chi connectivity index (χ0) is 18.4. The Kier molecular flexibility index (Phi) is 7.19. The average molecular weight is 340 g/mol. The number of aliphatic hydroxyl groups excluding tert-OH is 1. The first-order valence-corrected chi connectivity index (χ1v) is 9.71. The lowest BCUT2D eigenvalue weighted by molar-refractivity contribution is 0.280. The average Bonchev–Trinajstić information content (AvgIpc) is 2.61. The molecule has 0 fully saturated rings. The summed E-state index contributed by atoms with van der Waals surface area (Å²) in [4.78, 5) is 4.81. The third kappa shape index (κ3) is 4.70. The molecule has 136 valence electrons. The molecule has 0 radical (unpaired) electrons. The van der Waals surface area contributed by atoms with Gasteiger partial charge in [0.2, 0.25) is 0 Å². The third-order valence-corrected chi connectivity index (χ3v) is 4.89. The number of nitrogens with zero attached hydrogens (tertiary/aromatic N) is 1. The lowest BCUT2D eigenvalue weighted by atomic mass is 9.84. The van der Waals surface area contributed by atoms with Crippen LogP contribution in [0.15, 0.2) is 30.5 Å². The fraction of sp³-hybridized carbons (Fsp3) is 0.522. The van der Waals surface area contributed by atoms with Gasteiger partial charge in [0.05, 0.1) is 12.3 Å². The highest BCUT2D eigenvalue weighted by molar-refractivity contribution is 5.71. The maximum absolute atomic E-state index is 9.81. The Morgan fingerprint density at radius 3 is 2.24 bits per heavy atom. The van der Waals surface area contributed by atoms with Crippen LogP contribution >= 0.6 is 0 Å². The fourth-order valence-corrected chi connectivity index (χ4v) is 3.54. The van der Waals surface area contributed by atoms with Gasteiger partial charge in [-0.2, -0.15) is 0 Å². The van der Waals surface area contributed by atoms with Crippen LogP contribution in [0.5, 0.6) is 0 Å². The molecule has 1 N–H and O–H groups in total. The van der Waals surface area contributed by atoms with Gasteiger partial charge in [0.1, 0.15) is 0 Å². The van der Waals surface area contributed by atoms with Gasteiger partial charge in [0.15, 0.2) is 0 Å². The Balaban J connectivity index is 2.48. The second-order valence-corrected chi connectivity index (χ2v) is 7.58. The summed E-state index contributed by atoms with van der Waals surface area (Å²) in [5.74, 6) is 0.771. The summed E-state index contributed by atoms with van der Waals surface area (Å²) >= 11 is 0. The molecule has 0 amide bonds. The summed E-state index contributed by atoms with van der Waals surface area (Å²) in [5, 5.41) is 9.81. The van der Waals surface area contributed by atoms with Crippen LogP contribution in [0.4, 0.5) is 0 Å². The van der Waals surface area contributed by atoms with E-state index in [1.165, 1.54) is 41.5 Å². The van der Waals surface area contributed by atoms with Crippen LogP contribution in [0.1, 0.15) is 88.0 Å². The first kappa shape index (κ1) is 19.7. The normalized spacial score (nSPS) is 11.5. The van der Waals surface area contributed by atoms with E-state index in [1.807, 2.05) is 6.20 Å². The number of aromatic nitrogens is 1. The number of pyridine rings is 1. The summed E-state index contributed by atoms with van der Waals surface area (Å²) in [7, 11) is 0. The molecule has 0 aliphatic rings. The molecule has 2 heteroatoms. The Labute approximate surface area is 153 Å². The predicted octanol–water partition coefficient (Wildman–Crippen LogP) is 6.22. The predicted molar refractivity (Wildman–Crippen MR) is 107 cm³/mol. The minimum atomic E-state index is 0.0774. The van der Waals surface area contributed by atoms with E-state index in [0.29, 0.717) is 11.8 Å². The molecule has 2 aromatic rings. The zero-order valence-corrected chi connectivity index (χ0v) is 16.5. The van der Waals surface area contributed by atoms with E-state index in [4.69, 9.17) is 4.98 Å². The molecule has 0 bridgehead atoms. The van der Waals surface area contributed by atoms with Gasteiger partial charge >= 0.3 is 0 Å². The SMILES string of the molecule is CCCCCc1ccc(-c2c(C(C)C)ccc(CO)c2C(C)C)nc1. The van der Waals surface area contributed by atoms with Crippen LogP contribution in [0.3, 0.4) is 0 Å². The molecule has 0 atom stereocenters. The van der Waals surface area contributed by atoms with E-state index in [9.17, 15) is 5.11 Å². The smallest absolute Gasteiger partial charge is 0.0708 e. The summed E-state index contributed by atoms with van der Waals surface area (Å²) in [6.07, 6.45) is 6.88. The Morgan fingerprint density at radius 1 is 0.960 bits per heavy atom. The van der Waals surface area contributed by atoms with Crippen molar-refractivity contribution >= 4 is 0 Å². The molecule has 2 nitrogen and oxygen atoms in total. The van der Waals surface area contributed by atoms with Crippen molar-refractivity contribution in [3.05, 3.63) is 52.7 Å². The highest BCUT2D eigenvalue weighted by Gasteiger charge is 2.19. The highest BCUT2D eigenvalue weighted by atomic mass is 16.3. The van der Waals surface area contributed by atoms with Crippen molar-refractivity contribution in [2.24, 2.45) is 0 Å². The monoisotopic (exact) mass is 339 g/mol. The van der Waals surface area contributed by atoms with Gasteiger partial charge < -0.3 is 5.11 Å². The Bertz CT molecular complexity index is 671. The maximum atomic E-state index is 9.81. The number of hydrogen-bond donors (Lipinski definition) is 1. The first-order valence-electron chi connectivity index (χ1n) is 9.71. The molecule has 0 saturated carbocycles. The second-order valence-electron chi connectivity index (χ2n) is 7.58. The second kappa shape index (κ2) is 9.15. The molecular weight excluding hydrogens is 306 g/mol. The molecule has 0 aliphatic heterocycles. The van der Waals surface area contributed by atoms with E-state index in [1.54, 1.807) is 0 Å². The highest BCUT2D eigenvalue weighted by Crippen LogP contribution is 2.37. The number of benzene rings is 1. The number of unbranched alkanes of at least 4 members (excludes halogenated alkanes) is 2. The van der Waals surface area contributed by atoms with Crippen molar-refractivity contribution in [3.63, 3.8) is 0 Å². The summed E-state index contributed by atoms with van der Waals surface area (Å²) in [5.41, 5.74) is 7.13. The molecule has 0 unspecified atom stereocenters. The van der Waals surface area contributed by atoms with Crippen LogP contribution in [0, 0.1) is 0 Å². The fourth-order valence-electron chi connectivity index (χ4n) is 3.54. The molecule has 0 saturated heterocycles. The Morgan fingerprint density at radius 2 is 1.72 bits per heavy atom. The summed E-state index contributed by atoms with van der Waals surface area (Å²) in [6.45, 7) is 11.1. The van der Waals surface area contributed by atoms with Crippen molar-refractivity contribution in [2.45, 2.75) is 78.7 Å². The van der Waals surface area contributed by atoms with Gasteiger partial charge in [0, 0.05) is 11.8 Å². The lowest BCUT2D eigenvalue weighted by Gasteiger charge is -2.22. The van der Waals surface area contributed by atoms with Crippen LogP contribution in [0.25, 0.3) is 11.3 Å². The van der Waals surface area contributed by atoms with Gasteiger partial charge in [-0.05, 0) is 53.0 Å². The van der Waals surface area contributed by atoms with Crippen LogP contribution in [0.2, 0.25) is 0 Å². The van der Waals surface area contributed by atoms with Crippen molar-refractivity contribution < 1.29 is 5.11 Å². The molecule has 1 aromatic heterocycles.